The largest absolute Gasteiger partial charge is 0.465 e. The summed E-state index contributed by atoms with van der Waals surface area (Å²) in [7, 11) is 1.35. The zero-order valence-electron chi connectivity index (χ0n) is 11.4. The van der Waals surface area contributed by atoms with E-state index in [0.717, 1.165) is 16.8 Å². The minimum atomic E-state index is -0.356. The standard InChI is InChI=1S/C16H16FNO2/c1-11-3-8-14(17)9-15(11)18-10-12-4-6-13(7-5-12)16(19)20-2/h3-9,18H,10H2,1-2H3. The molecule has 0 saturated carbocycles. The summed E-state index contributed by atoms with van der Waals surface area (Å²) >= 11 is 0. The highest BCUT2D eigenvalue weighted by molar-refractivity contribution is 5.89. The Balaban J connectivity index is 2.04. The molecule has 0 amide bonds. The van der Waals surface area contributed by atoms with Gasteiger partial charge in [0.1, 0.15) is 5.82 Å². The van der Waals surface area contributed by atoms with Crippen LogP contribution >= 0.6 is 0 Å². The summed E-state index contributed by atoms with van der Waals surface area (Å²) in [5.41, 5.74) is 3.26. The Morgan fingerprint density at radius 1 is 1.20 bits per heavy atom. The summed E-state index contributed by atoms with van der Waals surface area (Å²) < 4.78 is 17.8. The maximum Gasteiger partial charge on any atom is 0.337 e. The molecule has 1 N–H and O–H groups in total. The topological polar surface area (TPSA) is 38.3 Å². The average Bonchev–Trinajstić information content (AvgIpc) is 2.48. The molecule has 0 saturated heterocycles. The summed E-state index contributed by atoms with van der Waals surface area (Å²) in [6.45, 7) is 2.48. The number of nitrogens with one attached hydrogen (secondary N) is 1. The molecule has 2 rings (SSSR count). The monoisotopic (exact) mass is 273 g/mol. The maximum absolute atomic E-state index is 13.2. The molecule has 0 radical (unpaired) electrons. The van der Waals surface area contributed by atoms with E-state index in [4.69, 9.17) is 0 Å². The van der Waals surface area contributed by atoms with E-state index in [1.807, 2.05) is 19.1 Å². The number of ether oxygens (including phenoxy) is 1. The Kier molecular flexibility index (Phi) is 4.35. The van der Waals surface area contributed by atoms with Gasteiger partial charge in [-0.25, -0.2) is 9.18 Å². The lowest BCUT2D eigenvalue weighted by atomic mass is 10.1. The number of benzene rings is 2. The van der Waals surface area contributed by atoms with Gasteiger partial charge in [-0.1, -0.05) is 18.2 Å². The number of hydrogen-bond acceptors (Lipinski definition) is 3. The quantitative estimate of drug-likeness (QED) is 0.866. The normalized spacial score (nSPS) is 10.2. The second-order valence-electron chi connectivity index (χ2n) is 4.50. The van der Waals surface area contributed by atoms with E-state index in [1.165, 1.54) is 19.2 Å². The first-order valence-electron chi connectivity index (χ1n) is 6.27. The molecule has 0 heterocycles. The predicted molar refractivity (Wildman–Crippen MR) is 76.2 cm³/mol. The lowest BCUT2D eigenvalue weighted by Gasteiger charge is -2.10. The molecule has 0 fully saturated rings. The van der Waals surface area contributed by atoms with Gasteiger partial charge in [0.05, 0.1) is 12.7 Å². The van der Waals surface area contributed by atoms with E-state index in [2.05, 4.69) is 10.1 Å². The zero-order chi connectivity index (χ0) is 14.5. The Hall–Kier alpha value is -2.36. The van der Waals surface area contributed by atoms with Gasteiger partial charge in [-0.05, 0) is 42.3 Å². The number of hydrogen-bond donors (Lipinski definition) is 1. The van der Waals surface area contributed by atoms with Crippen molar-refractivity contribution in [2.45, 2.75) is 13.5 Å². The van der Waals surface area contributed by atoms with Crippen LogP contribution in [0.4, 0.5) is 10.1 Å². The molecule has 0 bridgehead atoms. The van der Waals surface area contributed by atoms with Crippen LogP contribution in [0.25, 0.3) is 0 Å². The van der Waals surface area contributed by atoms with Crippen molar-refractivity contribution in [3.05, 3.63) is 65.0 Å². The second kappa shape index (κ2) is 6.19. The summed E-state index contributed by atoms with van der Waals surface area (Å²) in [6, 6.07) is 11.7. The summed E-state index contributed by atoms with van der Waals surface area (Å²) in [6.07, 6.45) is 0. The third-order valence-electron chi connectivity index (χ3n) is 3.06. The van der Waals surface area contributed by atoms with Gasteiger partial charge in [-0.3, -0.25) is 0 Å². The molecule has 20 heavy (non-hydrogen) atoms. The number of methoxy groups -OCH3 is 1. The Morgan fingerprint density at radius 3 is 2.55 bits per heavy atom. The molecule has 0 spiro atoms. The predicted octanol–water partition coefficient (Wildman–Crippen LogP) is 3.53. The van der Waals surface area contributed by atoms with Gasteiger partial charge in [0.2, 0.25) is 0 Å². The minimum Gasteiger partial charge on any atom is -0.465 e. The Labute approximate surface area is 117 Å². The summed E-state index contributed by atoms with van der Waals surface area (Å²) in [5.74, 6) is -0.621. The molecule has 2 aromatic carbocycles. The Bertz CT molecular complexity index is 608. The van der Waals surface area contributed by atoms with Crippen molar-refractivity contribution in [1.82, 2.24) is 0 Å². The average molecular weight is 273 g/mol. The minimum absolute atomic E-state index is 0.265. The Morgan fingerprint density at radius 2 is 1.90 bits per heavy atom. The number of carbonyl (C=O) groups is 1. The van der Waals surface area contributed by atoms with E-state index in [1.54, 1.807) is 18.2 Å². The van der Waals surface area contributed by atoms with Gasteiger partial charge < -0.3 is 10.1 Å². The molecular weight excluding hydrogens is 257 g/mol. The van der Waals surface area contributed by atoms with Crippen LogP contribution in [0.2, 0.25) is 0 Å². The highest BCUT2D eigenvalue weighted by atomic mass is 19.1. The van der Waals surface area contributed by atoms with Crippen LogP contribution in [0.15, 0.2) is 42.5 Å². The summed E-state index contributed by atoms with van der Waals surface area (Å²) in [4.78, 5) is 11.3. The van der Waals surface area contributed by atoms with Crippen LogP contribution in [0.1, 0.15) is 21.5 Å². The molecule has 0 aromatic heterocycles. The van der Waals surface area contributed by atoms with E-state index in [0.29, 0.717) is 12.1 Å². The maximum atomic E-state index is 13.2. The zero-order valence-corrected chi connectivity index (χ0v) is 11.4. The van der Waals surface area contributed by atoms with Crippen LogP contribution < -0.4 is 5.32 Å². The smallest absolute Gasteiger partial charge is 0.337 e. The van der Waals surface area contributed by atoms with Crippen molar-refractivity contribution < 1.29 is 13.9 Å². The van der Waals surface area contributed by atoms with E-state index in [-0.39, 0.29) is 11.8 Å². The van der Waals surface area contributed by atoms with Crippen LogP contribution in [0, 0.1) is 12.7 Å². The van der Waals surface area contributed by atoms with Crippen LogP contribution in [0.5, 0.6) is 0 Å². The molecule has 0 aliphatic carbocycles. The number of halogens is 1. The van der Waals surface area contributed by atoms with Crippen molar-refractivity contribution in [2.24, 2.45) is 0 Å². The van der Waals surface area contributed by atoms with Gasteiger partial charge in [0.15, 0.2) is 0 Å². The first-order chi connectivity index (χ1) is 9.60. The van der Waals surface area contributed by atoms with Gasteiger partial charge in [0, 0.05) is 12.2 Å². The van der Waals surface area contributed by atoms with Crippen molar-refractivity contribution in [1.29, 1.82) is 0 Å². The third-order valence-corrected chi connectivity index (χ3v) is 3.06. The fourth-order valence-corrected chi connectivity index (χ4v) is 1.86. The first kappa shape index (κ1) is 14.1. The number of esters is 1. The lowest BCUT2D eigenvalue weighted by Crippen LogP contribution is -2.04. The molecule has 0 aliphatic heterocycles. The van der Waals surface area contributed by atoms with Gasteiger partial charge in [-0.2, -0.15) is 0 Å². The molecule has 104 valence electrons. The molecule has 3 nitrogen and oxygen atoms in total. The molecule has 0 atom stereocenters. The molecule has 0 unspecified atom stereocenters. The molecule has 0 aliphatic rings. The number of carbonyl (C=O) groups excluding carboxylic acids is 1. The van der Waals surface area contributed by atoms with Crippen molar-refractivity contribution in [3.63, 3.8) is 0 Å². The fourth-order valence-electron chi connectivity index (χ4n) is 1.86. The summed E-state index contributed by atoms with van der Waals surface area (Å²) in [5, 5.41) is 3.18. The van der Waals surface area contributed by atoms with Gasteiger partial charge >= 0.3 is 5.97 Å². The number of rotatable bonds is 4. The van der Waals surface area contributed by atoms with Crippen LogP contribution in [0.3, 0.4) is 0 Å². The first-order valence-corrected chi connectivity index (χ1v) is 6.27. The number of anilines is 1. The van der Waals surface area contributed by atoms with Crippen molar-refractivity contribution in [3.8, 4) is 0 Å². The van der Waals surface area contributed by atoms with Crippen molar-refractivity contribution in [2.75, 3.05) is 12.4 Å². The molecular formula is C16H16FNO2. The number of aryl methyl sites for hydroxylation is 1. The van der Waals surface area contributed by atoms with Crippen LogP contribution in [-0.2, 0) is 11.3 Å². The fraction of sp³-hybridized carbons (Fsp3) is 0.188. The van der Waals surface area contributed by atoms with Gasteiger partial charge in [-0.15, -0.1) is 0 Å². The molecule has 4 heteroatoms. The lowest BCUT2D eigenvalue weighted by molar-refractivity contribution is 0.0600. The van der Waals surface area contributed by atoms with E-state index >= 15 is 0 Å². The highest BCUT2D eigenvalue weighted by Gasteiger charge is 2.05. The SMILES string of the molecule is COC(=O)c1ccc(CNc2cc(F)ccc2C)cc1. The van der Waals surface area contributed by atoms with Crippen LogP contribution in [-0.4, -0.2) is 13.1 Å². The van der Waals surface area contributed by atoms with Crippen molar-refractivity contribution >= 4 is 11.7 Å². The van der Waals surface area contributed by atoms with E-state index < -0.39 is 0 Å². The highest BCUT2D eigenvalue weighted by Crippen LogP contribution is 2.17. The third kappa shape index (κ3) is 3.35. The van der Waals surface area contributed by atoms with Gasteiger partial charge in [0.25, 0.3) is 0 Å². The molecule has 2 aromatic rings. The van der Waals surface area contributed by atoms with E-state index in [9.17, 15) is 9.18 Å². The second-order valence-corrected chi connectivity index (χ2v) is 4.50.